The predicted octanol–water partition coefficient (Wildman–Crippen LogP) is 1.79. The van der Waals surface area contributed by atoms with Crippen LogP contribution in [0.1, 0.15) is 55.3 Å². The summed E-state index contributed by atoms with van der Waals surface area (Å²) in [6, 6.07) is 5.00. The number of esters is 1. The summed E-state index contributed by atoms with van der Waals surface area (Å²) in [5.74, 6) is -1.59. The number of carbonyl (C=O) groups is 3. The summed E-state index contributed by atoms with van der Waals surface area (Å²) in [4.78, 5) is 35.9. The lowest BCUT2D eigenvalue weighted by atomic mass is 10.2. The maximum absolute atomic E-state index is 12.8. The van der Waals surface area contributed by atoms with Gasteiger partial charge in [-0.1, -0.05) is 25.3 Å². The summed E-state index contributed by atoms with van der Waals surface area (Å²) < 4.78 is 31.9. The Morgan fingerprint density at radius 2 is 1.73 bits per heavy atom. The zero-order chi connectivity index (χ0) is 21.6. The van der Waals surface area contributed by atoms with Crippen LogP contribution < -0.4 is 10.6 Å². The van der Waals surface area contributed by atoms with Crippen molar-refractivity contribution in [1.82, 2.24) is 14.9 Å². The molecule has 2 fully saturated rings. The molecule has 3 amide bonds. The molecule has 1 aromatic rings. The lowest BCUT2D eigenvalue weighted by Crippen LogP contribution is -2.45. The molecule has 1 aliphatic carbocycles. The molecule has 2 aliphatic rings. The first kappa shape index (κ1) is 22.2. The highest BCUT2D eigenvalue weighted by Gasteiger charge is 2.27. The molecule has 1 heterocycles. The molecular formula is C20H27N3O6S. The fourth-order valence-corrected chi connectivity index (χ4v) is 5.27. The van der Waals surface area contributed by atoms with Crippen LogP contribution in [0.2, 0.25) is 0 Å². The number of sulfonamides is 1. The summed E-state index contributed by atoms with van der Waals surface area (Å²) in [7, 11) is -3.68. The zero-order valence-corrected chi connectivity index (χ0v) is 17.6. The Labute approximate surface area is 176 Å². The summed E-state index contributed by atoms with van der Waals surface area (Å²) in [5.41, 5.74) is 0.0243. The van der Waals surface area contributed by atoms with Crippen molar-refractivity contribution in [3.05, 3.63) is 29.8 Å². The summed E-state index contributed by atoms with van der Waals surface area (Å²) in [5, 5.41) is 4.83. The lowest BCUT2D eigenvalue weighted by molar-refractivity contribution is -0.123. The van der Waals surface area contributed by atoms with E-state index < -0.39 is 34.5 Å². The molecule has 0 unspecified atom stereocenters. The quantitative estimate of drug-likeness (QED) is 0.655. The van der Waals surface area contributed by atoms with E-state index >= 15 is 0 Å². The molecule has 9 nitrogen and oxygen atoms in total. The van der Waals surface area contributed by atoms with Gasteiger partial charge in [-0.05, 0) is 43.9 Å². The van der Waals surface area contributed by atoms with Gasteiger partial charge in [-0.25, -0.2) is 18.0 Å². The minimum absolute atomic E-state index is 0.0132. The maximum atomic E-state index is 12.8. The Morgan fingerprint density at radius 1 is 1.03 bits per heavy atom. The molecule has 1 aliphatic heterocycles. The average molecular weight is 438 g/mol. The van der Waals surface area contributed by atoms with Gasteiger partial charge in [0.1, 0.15) is 0 Å². The van der Waals surface area contributed by atoms with Gasteiger partial charge in [0.15, 0.2) is 6.61 Å². The molecule has 164 valence electrons. The van der Waals surface area contributed by atoms with Crippen molar-refractivity contribution in [2.24, 2.45) is 0 Å². The predicted molar refractivity (Wildman–Crippen MR) is 108 cm³/mol. The Kier molecular flexibility index (Phi) is 7.43. The van der Waals surface area contributed by atoms with Crippen LogP contribution in [0.3, 0.4) is 0 Å². The monoisotopic (exact) mass is 437 g/mol. The Balaban J connectivity index is 1.53. The van der Waals surface area contributed by atoms with Gasteiger partial charge in [0.2, 0.25) is 10.0 Å². The first-order valence-corrected chi connectivity index (χ1v) is 11.7. The van der Waals surface area contributed by atoms with E-state index in [1.54, 1.807) is 0 Å². The molecule has 1 saturated carbocycles. The molecule has 0 radical (unpaired) electrons. The van der Waals surface area contributed by atoms with E-state index in [0.29, 0.717) is 13.1 Å². The highest BCUT2D eigenvalue weighted by Crippen LogP contribution is 2.21. The van der Waals surface area contributed by atoms with Crippen molar-refractivity contribution in [2.45, 2.75) is 55.9 Å². The van der Waals surface area contributed by atoms with Gasteiger partial charge in [0.25, 0.3) is 5.91 Å². The van der Waals surface area contributed by atoms with E-state index in [1.807, 2.05) is 0 Å². The third-order valence-electron chi connectivity index (χ3n) is 5.30. The number of nitrogens with zero attached hydrogens (tertiary/aromatic N) is 1. The van der Waals surface area contributed by atoms with Crippen LogP contribution in [0.4, 0.5) is 4.79 Å². The van der Waals surface area contributed by atoms with Gasteiger partial charge in [-0.15, -0.1) is 0 Å². The number of rotatable bonds is 6. The Bertz CT molecular complexity index is 890. The highest BCUT2D eigenvalue weighted by molar-refractivity contribution is 7.89. The molecule has 1 saturated heterocycles. The van der Waals surface area contributed by atoms with E-state index in [1.165, 1.54) is 28.6 Å². The van der Waals surface area contributed by atoms with Crippen LogP contribution in [-0.4, -0.2) is 56.4 Å². The molecule has 0 aromatic heterocycles. The second-order valence-corrected chi connectivity index (χ2v) is 9.51. The Hall–Kier alpha value is -2.46. The number of ether oxygens (including phenoxy) is 1. The smallest absolute Gasteiger partial charge is 0.338 e. The SMILES string of the molecule is O=C(COC(=O)c1cccc(S(=O)(=O)N2CCCCC2)c1)NC(=O)NC1CCCC1. The summed E-state index contributed by atoms with van der Waals surface area (Å²) in [6.07, 6.45) is 6.47. The maximum Gasteiger partial charge on any atom is 0.338 e. The molecule has 0 atom stereocenters. The van der Waals surface area contributed by atoms with Gasteiger partial charge < -0.3 is 10.1 Å². The van der Waals surface area contributed by atoms with Crippen LogP contribution >= 0.6 is 0 Å². The number of urea groups is 1. The van der Waals surface area contributed by atoms with Crippen LogP contribution in [0, 0.1) is 0 Å². The molecule has 2 N–H and O–H groups in total. The van der Waals surface area contributed by atoms with Gasteiger partial charge in [0, 0.05) is 19.1 Å². The van der Waals surface area contributed by atoms with Crippen molar-refractivity contribution >= 4 is 27.9 Å². The number of carbonyl (C=O) groups excluding carboxylic acids is 3. The number of piperidine rings is 1. The number of hydrogen-bond acceptors (Lipinski definition) is 6. The summed E-state index contributed by atoms with van der Waals surface area (Å²) in [6.45, 7) is 0.278. The molecule has 10 heteroatoms. The fraction of sp³-hybridized carbons (Fsp3) is 0.550. The van der Waals surface area contributed by atoms with Crippen molar-refractivity contribution in [3.63, 3.8) is 0 Å². The van der Waals surface area contributed by atoms with Gasteiger partial charge >= 0.3 is 12.0 Å². The van der Waals surface area contributed by atoms with Crippen LogP contribution in [0.5, 0.6) is 0 Å². The zero-order valence-electron chi connectivity index (χ0n) is 16.8. The van der Waals surface area contributed by atoms with Crippen molar-refractivity contribution in [1.29, 1.82) is 0 Å². The molecule has 0 spiro atoms. The average Bonchev–Trinajstić information content (AvgIpc) is 3.25. The third-order valence-corrected chi connectivity index (χ3v) is 7.19. The van der Waals surface area contributed by atoms with Crippen LogP contribution in [0.15, 0.2) is 29.2 Å². The summed E-state index contributed by atoms with van der Waals surface area (Å²) >= 11 is 0. The van der Waals surface area contributed by atoms with E-state index in [2.05, 4.69) is 10.6 Å². The van der Waals surface area contributed by atoms with E-state index in [0.717, 1.165) is 44.9 Å². The van der Waals surface area contributed by atoms with Crippen LogP contribution in [0.25, 0.3) is 0 Å². The van der Waals surface area contributed by atoms with Gasteiger partial charge in [0.05, 0.1) is 10.5 Å². The van der Waals surface area contributed by atoms with E-state index in [4.69, 9.17) is 4.74 Å². The molecule has 30 heavy (non-hydrogen) atoms. The number of hydrogen-bond donors (Lipinski definition) is 2. The number of amides is 3. The number of nitrogens with one attached hydrogen (secondary N) is 2. The molecule has 0 bridgehead atoms. The van der Waals surface area contributed by atoms with Crippen LogP contribution in [-0.2, 0) is 19.6 Å². The highest BCUT2D eigenvalue weighted by atomic mass is 32.2. The molecular weight excluding hydrogens is 410 g/mol. The minimum Gasteiger partial charge on any atom is -0.452 e. The van der Waals surface area contributed by atoms with Gasteiger partial charge in [-0.2, -0.15) is 4.31 Å². The van der Waals surface area contributed by atoms with Crippen molar-refractivity contribution in [3.8, 4) is 0 Å². The van der Waals surface area contributed by atoms with Gasteiger partial charge in [-0.3, -0.25) is 10.1 Å². The Morgan fingerprint density at radius 3 is 2.43 bits per heavy atom. The second kappa shape index (κ2) is 10.0. The number of imide groups is 1. The first-order valence-electron chi connectivity index (χ1n) is 10.2. The van der Waals surface area contributed by atoms with Crippen molar-refractivity contribution < 1.29 is 27.5 Å². The fourth-order valence-electron chi connectivity index (χ4n) is 3.71. The normalized spacial score (nSPS) is 18.0. The first-order chi connectivity index (χ1) is 14.4. The topological polar surface area (TPSA) is 122 Å². The third kappa shape index (κ3) is 5.79. The lowest BCUT2D eigenvalue weighted by Gasteiger charge is -2.25. The standard InChI is InChI=1S/C20H27N3O6S/c24-18(22-20(26)21-16-8-2-3-9-16)14-29-19(25)15-7-6-10-17(13-15)30(27,28)23-11-4-1-5-12-23/h6-7,10,13,16H,1-5,8-9,11-12,14H2,(H2,21,22,24,26). The van der Waals surface area contributed by atoms with E-state index in [-0.39, 0.29) is 16.5 Å². The number of benzene rings is 1. The minimum atomic E-state index is -3.68. The van der Waals surface area contributed by atoms with Crippen molar-refractivity contribution in [2.75, 3.05) is 19.7 Å². The largest absolute Gasteiger partial charge is 0.452 e. The molecule has 1 aromatic carbocycles. The molecule has 3 rings (SSSR count). The van der Waals surface area contributed by atoms with E-state index in [9.17, 15) is 22.8 Å². The second-order valence-electron chi connectivity index (χ2n) is 7.57.